The lowest BCUT2D eigenvalue weighted by molar-refractivity contribution is -0.116. The van der Waals surface area contributed by atoms with Crippen LogP contribution in [0.25, 0.3) is 0 Å². The third-order valence-corrected chi connectivity index (χ3v) is 4.52. The number of amides is 1. The van der Waals surface area contributed by atoms with Crippen LogP contribution in [0.2, 0.25) is 5.02 Å². The topological polar surface area (TPSA) is 88.1 Å². The lowest BCUT2D eigenvalue weighted by atomic mass is 10.0. The summed E-state index contributed by atoms with van der Waals surface area (Å²) in [4.78, 5) is 25.1. The Bertz CT molecular complexity index is 834. The Hall–Kier alpha value is -2.46. The number of para-hydroxylation sites is 1. The summed E-state index contributed by atoms with van der Waals surface area (Å²) < 4.78 is 34.8. The molecular weight excluding hydrogens is 430 g/mol. The number of Topliss-reactive ketones (excluding diaryl/α,β-unsaturated/α-hetero) is 1. The van der Waals surface area contributed by atoms with E-state index in [9.17, 15) is 23.5 Å². The molecular formula is C18H19ClF2N2O5S. The van der Waals surface area contributed by atoms with Crippen molar-refractivity contribution in [2.45, 2.75) is 32.8 Å². The number of carbonyl (C=O) groups is 2. The molecule has 0 fully saturated rings. The molecule has 2 N–H and O–H groups in total. The number of rotatable bonds is 7. The van der Waals surface area contributed by atoms with Gasteiger partial charge in [0, 0.05) is 13.0 Å². The van der Waals surface area contributed by atoms with Gasteiger partial charge in [-0.3, -0.25) is 4.79 Å². The summed E-state index contributed by atoms with van der Waals surface area (Å²) in [6.07, 6.45) is 0.556. The van der Waals surface area contributed by atoms with Crippen LogP contribution in [-0.4, -0.2) is 46.6 Å². The first kappa shape index (κ1) is 22.8. The van der Waals surface area contributed by atoms with Crippen LogP contribution in [0, 0.1) is 0 Å². The molecule has 0 aromatic heterocycles. The number of anilines is 1. The zero-order valence-corrected chi connectivity index (χ0v) is 17.0. The van der Waals surface area contributed by atoms with Crippen molar-refractivity contribution in [1.29, 1.82) is 0 Å². The fraction of sp³-hybridized carbons (Fsp3) is 0.389. The first-order valence-corrected chi connectivity index (χ1v) is 9.50. The van der Waals surface area contributed by atoms with Crippen molar-refractivity contribution in [2.75, 3.05) is 18.5 Å². The minimum Gasteiger partial charge on any atom is -0.494 e. The van der Waals surface area contributed by atoms with Crippen LogP contribution in [0.5, 0.6) is 5.75 Å². The Kier molecular flexibility index (Phi) is 8.15. The molecule has 2 rings (SSSR count). The highest BCUT2D eigenvalue weighted by molar-refractivity contribution is 7.81. The van der Waals surface area contributed by atoms with Gasteiger partial charge in [-0.1, -0.05) is 43.2 Å². The molecule has 11 heteroatoms. The summed E-state index contributed by atoms with van der Waals surface area (Å²) >= 11 is 11.0. The largest absolute Gasteiger partial charge is 0.494 e. The molecule has 0 atom stereocenters. The minimum atomic E-state index is -3.14. The van der Waals surface area contributed by atoms with Crippen LogP contribution in [0.15, 0.2) is 29.7 Å². The fourth-order valence-corrected chi connectivity index (χ4v) is 3.03. The van der Waals surface area contributed by atoms with E-state index in [1.54, 1.807) is 0 Å². The normalized spacial score (nSPS) is 14.2. The number of alkyl halides is 2. The number of aliphatic hydroxyl groups excluding tert-OH is 1. The Balaban J connectivity index is 2.26. The Labute approximate surface area is 176 Å². The van der Waals surface area contributed by atoms with Gasteiger partial charge in [0.2, 0.25) is 5.88 Å². The molecule has 29 heavy (non-hydrogen) atoms. The van der Waals surface area contributed by atoms with E-state index in [0.717, 1.165) is 11.3 Å². The van der Waals surface area contributed by atoms with Crippen LogP contribution in [0.4, 0.5) is 19.3 Å². The molecule has 158 valence electrons. The number of nitrogens with zero attached hydrogens (tertiary/aromatic N) is 1. The van der Waals surface area contributed by atoms with E-state index in [2.05, 4.69) is 10.1 Å². The van der Waals surface area contributed by atoms with E-state index < -0.39 is 24.4 Å². The maximum atomic E-state index is 12.7. The highest BCUT2D eigenvalue weighted by Gasteiger charge is 2.33. The van der Waals surface area contributed by atoms with Crippen LogP contribution < -0.4 is 10.1 Å². The fourth-order valence-electron chi connectivity index (χ4n) is 2.49. The third kappa shape index (κ3) is 5.77. The van der Waals surface area contributed by atoms with Gasteiger partial charge in [-0.15, -0.1) is 0 Å². The highest BCUT2D eigenvalue weighted by Crippen LogP contribution is 2.35. The molecule has 1 aromatic rings. The molecule has 1 heterocycles. The number of hydrogen-bond donors (Lipinski definition) is 2. The SMILES string of the molecule is CCCCOC(=O)N1CCC(=O)C(C(=S)Nc2cccc(Cl)c2OC(F)F)=C1O. The maximum absolute atomic E-state index is 12.7. The molecule has 1 aliphatic heterocycles. The number of benzene rings is 1. The second-order valence-corrected chi connectivity index (χ2v) is 6.76. The Morgan fingerprint density at radius 3 is 2.83 bits per heavy atom. The summed E-state index contributed by atoms with van der Waals surface area (Å²) in [5.74, 6) is -1.56. The van der Waals surface area contributed by atoms with E-state index in [1.165, 1.54) is 18.2 Å². The van der Waals surface area contributed by atoms with Gasteiger partial charge in [-0.2, -0.15) is 8.78 Å². The first-order chi connectivity index (χ1) is 13.8. The number of ketones is 1. The molecule has 1 amide bonds. The number of carbonyl (C=O) groups excluding carboxylic acids is 2. The van der Waals surface area contributed by atoms with Gasteiger partial charge in [-0.05, 0) is 18.6 Å². The van der Waals surface area contributed by atoms with E-state index in [1.807, 2.05) is 6.92 Å². The maximum Gasteiger partial charge on any atom is 0.416 e. The monoisotopic (exact) mass is 448 g/mol. The Morgan fingerprint density at radius 1 is 1.45 bits per heavy atom. The molecule has 0 bridgehead atoms. The van der Waals surface area contributed by atoms with Gasteiger partial charge in [0.05, 0.1) is 17.3 Å². The van der Waals surface area contributed by atoms with Gasteiger partial charge in [0.1, 0.15) is 10.6 Å². The Morgan fingerprint density at radius 2 is 2.17 bits per heavy atom. The third-order valence-electron chi connectivity index (χ3n) is 3.91. The van der Waals surface area contributed by atoms with Gasteiger partial charge in [0.25, 0.3) is 0 Å². The van der Waals surface area contributed by atoms with Gasteiger partial charge >= 0.3 is 12.7 Å². The highest BCUT2D eigenvalue weighted by atomic mass is 35.5. The van der Waals surface area contributed by atoms with Crippen molar-refractivity contribution < 1.29 is 33.0 Å². The van der Waals surface area contributed by atoms with Crippen LogP contribution >= 0.6 is 23.8 Å². The molecule has 1 aromatic carbocycles. The zero-order chi connectivity index (χ0) is 21.6. The molecule has 0 aliphatic carbocycles. The quantitative estimate of drug-likeness (QED) is 0.463. The van der Waals surface area contributed by atoms with Crippen molar-refractivity contribution in [1.82, 2.24) is 4.90 Å². The molecule has 1 aliphatic rings. The minimum absolute atomic E-state index is 0.0291. The number of aliphatic hydroxyl groups is 1. The van der Waals surface area contributed by atoms with Crippen LogP contribution in [0.3, 0.4) is 0 Å². The second-order valence-electron chi connectivity index (χ2n) is 5.94. The predicted molar refractivity (Wildman–Crippen MR) is 107 cm³/mol. The standard InChI is InChI=1S/C18H19ClF2N2O5S/c1-2-3-9-27-18(26)23-8-7-12(24)13(16(23)25)15(29)22-11-6-4-5-10(19)14(11)28-17(20)21/h4-6,17,25H,2-3,7-9H2,1H3,(H,22,29). The number of halogens is 3. The molecule has 0 unspecified atom stereocenters. The average Bonchev–Trinajstić information content (AvgIpc) is 2.64. The number of hydrogen-bond acceptors (Lipinski definition) is 6. The summed E-state index contributed by atoms with van der Waals surface area (Å²) in [6, 6.07) is 4.15. The van der Waals surface area contributed by atoms with Crippen molar-refractivity contribution >= 4 is 46.4 Å². The second kappa shape index (κ2) is 10.4. The van der Waals surface area contributed by atoms with Gasteiger partial charge < -0.3 is 19.9 Å². The summed E-state index contributed by atoms with van der Waals surface area (Å²) in [6.45, 7) is -1.11. The number of ether oxygens (including phenoxy) is 2. The summed E-state index contributed by atoms with van der Waals surface area (Å²) in [5, 5.41) is 12.9. The van der Waals surface area contributed by atoms with E-state index in [0.29, 0.717) is 6.42 Å². The smallest absolute Gasteiger partial charge is 0.416 e. The molecule has 0 saturated heterocycles. The van der Waals surface area contributed by atoms with Crippen molar-refractivity contribution in [2.24, 2.45) is 0 Å². The van der Waals surface area contributed by atoms with Crippen LogP contribution in [-0.2, 0) is 9.53 Å². The predicted octanol–water partition coefficient (Wildman–Crippen LogP) is 4.66. The lowest BCUT2D eigenvalue weighted by Crippen LogP contribution is -2.40. The van der Waals surface area contributed by atoms with E-state index in [-0.39, 0.29) is 46.6 Å². The molecule has 7 nitrogen and oxygen atoms in total. The average molecular weight is 449 g/mol. The van der Waals surface area contributed by atoms with Gasteiger partial charge in [-0.25, -0.2) is 9.69 Å². The summed E-state index contributed by atoms with van der Waals surface area (Å²) in [5.41, 5.74) is -0.361. The molecule has 0 saturated carbocycles. The van der Waals surface area contributed by atoms with Crippen molar-refractivity contribution in [3.8, 4) is 5.75 Å². The first-order valence-electron chi connectivity index (χ1n) is 8.71. The van der Waals surface area contributed by atoms with Crippen LogP contribution in [0.1, 0.15) is 26.2 Å². The number of nitrogens with one attached hydrogen (secondary N) is 1. The lowest BCUT2D eigenvalue weighted by Gasteiger charge is -2.27. The summed E-state index contributed by atoms with van der Waals surface area (Å²) in [7, 11) is 0. The number of thiocarbonyl (C=S) groups is 1. The zero-order valence-electron chi connectivity index (χ0n) is 15.4. The van der Waals surface area contributed by atoms with E-state index >= 15 is 0 Å². The molecule has 0 radical (unpaired) electrons. The van der Waals surface area contributed by atoms with Crippen molar-refractivity contribution in [3.63, 3.8) is 0 Å². The number of unbranched alkanes of at least 4 members (excludes halogenated alkanes) is 1. The van der Waals surface area contributed by atoms with Crippen molar-refractivity contribution in [3.05, 3.63) is 34.7 Å². The van der Waals surface area contributed by atoms with Gasteiger partial charge in [0.15, 0.2) is 11.5 Å². The van der Waals surface area contributed by atoms with E-state index in [4.69, 9.17) is 28.6 Å². The molecule has 0 spiro atoms.